The van der Waals surface area contributed by atoms with Crippen LogP contribution in [0.1, 0.15) is 40.2 Å². The van der Waals surface area contributed by atoms with E-state index in [1.165, 1.54) is 25.1 Å². The molecular weight excluding hydrogens is 478 g/mol. The summed E-state index contributed by atoms with van der Waals surface area (Å²) in [7, 11) is 1.16. The van der Waals surface area contributed by atoms with E-state index in [1.54, 1.807) is 0 Å². The molecule has 0 bridgehead atoms. The van der Waals surface area contributed by atoms with Gasteiger partial charge in [0.1, 0.15) is 18.8 Å². The molecule has 1 aromatic rings. The van der Waals surface area contributed by atoms with Gasteiger partial charge in [-0.1, -0.05) is 33.8 Å². The predicted octanol–water partition coefficient (Wildman–Crippen LogP) is 3.61. The average Bonchev–Trinajstić information content (AvgIpc) is 2.81. The molecule has 0 fully saturated rings. The monoisotopic (exact) mass is 513 g/mol. The molecule has 0 aliphatic rings. The summed E-state index contributed by atoms with van der Waals surface area (Å²) in [5.41, 5.74) is 6.42. The fourth-order valence-electron chi connectivity index (χ4n) is 2.44. The average molecular weight is 514 g/mol. The minimum Gasteiger partial charge on any atom is -0.461 e. The molecule has 0 saturated heterocycles. The summed E-state index contributed by atoms with van der Waals surface area (Å²) in [6, 6.07) is 3.21. The van der Waals surface area contributed by atoms with Crippen molar-refractivity contribution in [3.8, 4) is 11.5 Å². The van der Waals surface area contributed by atoms with E-state index in [0.717, 1.165) is 7.11 Å². The van der Waals surface area contributed by atoms with Gasteiger partial charge in [0.25, 0.3) is 0 Å². The third kappa shape index (κ3) is 12.2. The molecule has 1 rings (SSSR count). The summed E-state index contributed by atoms with van der Waals surface area (Å²) >= 11 is 0. The highest BCUT2D eigenvalue weighted by Gasteiger charge is 2.21. The molecule has 0 radical (unpaired) electrons. The molecule has 2 atom stereocenters. The number of ether oxygens (including phenoxy) is 7. The van der Waals surface area contributed by atoms with Gasteiger partial charge in [-0.3, -0.25) is 4.79 Å². The molecule has 0 unspecified atom stereocenters. The third-order valence-electron chi connectivity index (χ3n) is 4.15. The summed E-state index contributed by atoms with van der Waals surface area (Å²) in [6.07, 6.45) is -3.61. The van der Waals surface area contributed by atoms with Crippen molar-refractivity contribution in [2.24, 2.45) is 17.6 Å². The van der Waals surface area contributed by atoms with Gasteiger partial charge >= 0.3 is 24.4 Å². The molecule has 202 valence electrons. The first-order chi connectivity index (χ1) is 16.9. The van der Waals surface area contributed by atoms with E-state index >= 15 is 0 Å². The molecule has 12 heteroatoms. The van der Waals surface area contributed by atoms with Crippen LogP contribution >= 0.6 is 0 Å². The van der Waals surface area contributed by atoms with Crippen LogP contribution in [-0.2, 0) is 34.9 Å². The van der Waals surface area contributed by atoms with E-state index in [0.29, 0.717) is 5.56 Å². The van der Waals surface area contributed by atoms with Crippen LogP contribution in [0.5, 0.6) is 11.5 Å². The number of rotatable bonds is 12. The number of nitrogens with two attached hydrogens (primary N) is 1. The maximum absolute atomic E-state index is 12.2. The normalized spacial score (nSPS) is 12.4. The zero-order chi connectivity index (χ0) is 27.3. The van der Waals surface area contributed by atoms with Gasteiger partial charge in [0.2, 0.25) is 0 Å². The molecule has 0 amide bonds. The smallest absolute Gasteiger partial charge is 0.461 e. The van der Waals surface area contributed by atoms with Crippen molar-refractivity contribution in [2.45, 2.75) is 53.2 Å². The van der Waals surface area contributed by atoms with Crippen LogP contribution in [0, 0.1) is 11.8 Å². The lowest BCUT2D eigenvalue weighted by atomic mass is 10.1. The minimum absolute atomic E-state index is 0.000546. The van der Waals surface area contributed by atoms with Gasteiger partial charge in [-0.05, 0) is 42.9 Å². The second kappa shape index (κ2) is 15.5. The molecule has 12 nitrogen and oxygen atoms in total. The van der Waals surface area contributed by atoms with Crippen LogP contribution < -0.4 is 15.2 Å². The Bertz CT molecular complexity index is 885. The Balaban J connectivity index is 2.89. The molecule has 0 saturated carbocycles. The molecule has 0 spiro atoms. The van der Waals surface area contributed by atoms with E-state index < -0.39 is 36.6 Å². The van der Waals surface area contributed by atoms with Crippen LogP contribution in [0.15, 0.2) is 18.2 Å². The first-order valence-corrected chi connectivity index (χ1v) is 11.4. The van der Waals surface area contributed by atoms with E-state index in [4.69, 9.17) is 34.2 Å². The van der Waals surface area contributed by atoms with Crippen molar-refractivity contribution >= 4 is 24.4 Å². The highest BCUT2D eigenvalue weighted by atomic mass is 16.7. The zero-order valence-electron chi connectivity index (χ0n) is 21.4. The van der Waals surface area contributed by atoms with Gasteiger partial charge < -0.3 is 38.9 Å². The Hall–Kier alpha value is -3.54. The molecule has 2 N–H and O–H groups in total. The highest BCUT2D eigenvalue weighted by molar-refractivity contribution is 5.76. The van der Waals surface area contributed by atoms with Gasteiger partial charge in [0.15, 0.2) is 11.5 Å². The van der Waals surface area contributed by atoms with E-state index in [2.05, 4.69) is 4.74 Å². The van der Waals surface area contributed by atoms with Crippen molar-refractivity contribution in [1.82, 2.24) is 0 Å². The number of esters is 1. The Kier molecular flexibility index (Phi) is 13.1. The van der Waals surface area contributed by atoms with E-state index in [9.17, 15) is 19.2 Å². The maximum Gasteiger partial charge on any atom is 0.513 e. The van der Waals surface area contributed by atoms with Crippen molar-refractivity contribution in [3.63, 3.8) is 0 Å². The van der Waals surface area contributed by atoms with Crippen LogP contribution in [0.3, 0.4) is 0 Å². The number of benzene rings is 1. The number of carbonyl (C=O) groups is 4. The quantitative estimate of drug-likeness (QED) is 0.246. The zero-order valence-corrected chi connectivity index (χ0v) is 21.4. The van der Waals surface area contributed by atoms with Crippen molar-refractivity contribution in [3.05, 3.63) is 23.8 Å². The number of hydrogen-bond donors (Lipinski definition) is 1. The van der Waals surface area contributed by atoms with Crippen molar-refractivity contribution in [2.75, 3.05) is 26.9 Å². The first kappa shape index (κ1) is 30.5. The Morgan fingerprint density at radius 1 is 0.778 bits per heavy atom. The summed E-state index contributed by atoms with van der Waals surface area (Å²) < 4.78 is 34.7. The second-order valence-corrected chi connectivity index (χ2v) is 8.72. The third-order valence-corrected chi connectivity index (χ3v) is 4.15. The van der Waals surface area contributed by atoms with Gasteiger partial charge in [-0.25, -0.2) is 14.4 Å². The summed E-state index contributed by atoms with van der Waals surface area (Å²) in [5, 5.41) is 0. The van der Waals surface area contributed by atoms with Gasteiger partial charge in [-0.2, -0.15) is 0 Å². The van der Waals surface area contributed by atoms with Crippen LogP contribution in [-0.4, -0.2) is 63.5 Å². The fraction of sp³-hybridized carbons (Fsp3) is 0.583. The SMILES string of the molecule is COC(=O)O[C@@H](C)COC(=O)[C@@H](N)Cc1ccc(OC(=O)OCC(C)C)c(OC(=O)OCC(C)C)c1. The lowest BCUT2D eigenvalue weighted by molar-refractivity contribution is -0.148. The standard InChI is InChI=1S/C24H35NO11/c1-14(2)11-32-23(28)35-19-8-7-17(10-20(19)36-24(29)33-12-15(3)4)9-18(25)21(26)31-13-16(5)34-22(27)30-6/h7-8,10,14-16,18H,9,11-13,25H2,1-6H3/t16-,18-/m0/s1. The molecule has 0 aliphatic carbocycles. The molecule has 0 heterocycles. The first-order valence-electron chi connectivity index (χ1n) is 11.4. The van der Waals surface area contributed by atoms with Crippen LogP contribution in [0.4, 0.5) is 14.4 Å². The topological polar surface area (TPSA) is 159 Å². The summed E-state index contributed by atoms with van der Waals surface area (Å²) in [6.45, 7) is 9.01. The van der Waals surface area contributed by atoms with Gasteiger partial charge in [0, 0.05) is 0 Å². The lowest BCUT2D eigenvalue weighted by Crippen LogP contribution is -2.36. The number of hydrogen-bond acceptors (Lipinski definition) is 12. The lowest BCUT2D eigenvalue weighted by Gasteiger charge is -2.16. The highest BCUT2D eigenvalue weighted by Crippen LogP contribution is 2.30. The van der Waals surface area contributed by atoms with Crippen LogP contribution in [0.25, 0.3) is 0 Å². The number of methoxy groups -OCH3 is 1. The maximum atomic E-state index is 12.2. The summed E-state index contributed by atoms with van der Waals surface area (Å²) in [4.78, 5) is 47.4. The predicted molar refractivity (Wildman–Crippen MR) is 126 cm³/mol. The molecule has 0 aromatic heterocycles. The van der Waals surface area contributed by atoms with Crippen molar-refractivity contribution in [1.29, 1.82) is 0 Å². The molecule has 1 aromatic carbocycles. The minimum atomic E-state index is -1.08. The fourth-order valence-corrected chi connectivity index (χ4v) is 2.44. The Morgan fingerprint density at radius 2 is 1.33 bits per heavy atom. The van der Waals surface area contributed by atoms with Gasteiger partial charge in [0.05, 0.1) is 20.3 Å². The van der Waals surface area contributed by atoms with Gasteiger partial charge in [-0.15, -0.1) is 0 Å². The van der Waals surface area contributed by atoms with Crippen molar-refractivity contribution < 1.29 is 52.3 Å². The molecular formula is C24H35NO11. The Labute approximate surface area is 210 Å². The van der Waals surface area contributed by atoms with Crippen LogP contribution in [0.2, 0.25) is 0 Å². The van der Waals surface area contributed by atoms with E-state index in [-0.39, 0.29) is 49.6 Å². The number of carbonyl (C=O) groups excluding carboxylic acids is 4. The Morgan fingerprint density at radius 3 is 1.86 bits per heavy atom. The molecule has 0 aliphatic heterocycles. The largest absolute Gasteiger partial charge is 0.513 e. The summed E-state index contributed by atoms with van der Waals surface area (Å²) in [5.74, 6) is -0.776. The van der Waals surface area contributed by atoms with E-state index in [1.807, 2.05) is 27.7 Å². The molecule has 36 heavy (non-hydrogen) atoms. The second-order valence-electron chi connectivity index (χ2n) is 8.72.